The van der Waals surface area contributed by atoms with Gasteiger partial charge in [-0.3, -0.25) is 0 Å². The molecule has 1 aromatic heterocycles. The molecule has 1 fully saturated rings. The maximum absolute atomic E-state index is 5.32. The summed E-state index contributed by atoms with van der Waals surface area (Å²) in [7, 11) is 0. The van der Waals surface area contributed by atoms with E-state index in [2.05, 4.69) is 38.3 Å². The van der Waals surface area contributed by atoms with Gasteiger partial charge in [-0.25, -0.2) is 4.98 Å². The summed E-state index contributed by atoms with van der Waals surface area (Å²) < 4.78 is 8.63. The monoisotopic (exact) mass is 292 g/mol. The van der Waals surface area contributed by atoms with Gasteiger partial charge in [0.15, 0.2) is 3.83 Å². The average Bonchev–Trinajstić information content (AvgIpc) is 2.54. The third-order valence-electron chi connectivity index (χ3n) is 2.46. The summed E-state index contributed by atoms with van der Waals surface area (Å²) in [5, 5.41) is 0. The summed E-state index contributed by atoms with van der Waals surface area (Å²) in [6.07, 6.45) is 6.29. The van der Waals surface area contributed by atoms with E-state index in [9.17, 15) is 0 Å². The van der Waals surface area contributed by atoms with Crippen LogP contribution in [0.4, 0.5) is 0 Å². The lowest BCUT2D eigenvalue weighted by atomic mass is 10.0. The lowest BCUT2D eigenvalue weighted by Crippen LogP contribution is -2.20. The van der Waals surface area contributed by atoms with Crippen LogP contribution in [-0.4, -0.2) is 22.8 Å². The molecule has 0 spiro atoms. The Morgan fingerprint density at radius 2 is 2.31 bits per heavy atom. The highest BCUT2D eigenvalue weighted by Crippen LogP contribution is 2.17. The Labute approximate surface area is 91.6 Å². The number of hydrogen-bond donors (Lipinski definition) is 0. The van der Waals surface area contributed by atoms with Crippen LogP contribution in [0.2, 0.25) is 0 Å². The Hall–Kier alpha value is -0.100. The Morgan fingerprint density at radius 1 is 1.54 bits per heavy atom. The van der Waals surface area contributed by atoms with Gasteiger partial charge in [0, 0.05) is 32.2 Å². The first-order valence-corrected chi connectivity index (χ1v) is 5.68. The first kappa shape index (κ1) is 9.45. The Morgan fingerprint density at radius 3 is 2.92 bits per heavy atom. The number of rotatable bonds is 2. The molecule has 1 saturated heterocycles. The fraction of sp³-hybridized carbons (Fsp3) is 0.667. The van der Waals surface area contributed by atoms with Crippen molar-refractivity contribution in [1.29, 1.82) is 0 Å². The zero-order valence-electron chi connectivity index (χ0n) is 7.45. The summed E-state index contributed by atoms with van der Waals surface area (Å²) in [6.45, 7) is 2.95. The van der Waals surface area contributed by atoms with Crippen molar-refractivity contribution in [2.45, 2.75) is 19.4 Å². The zero-order valence-corrected chi connectivity index (χ0v) is 9.61. The average molecular weight is 292 g/mol. The van der Waals surface area contributed by atoms with Crippen molar-refractivity contribution in [3.05, 3.63) is 16.2 Å². The van der Waals surface area contributed by atoms with Gasteiger partial charge in [0.05, 0.1) is 0 Å². The molecule has 0 bridgehead atoms. The standard InChI is InChI=1S/C9H13IN2O/c10-9-11-3-4-12(9)7-8-1-5-13-6-2-8/h3-4,8H,1-2,5-7H2. The number of halogens is 1. The van der Waals surface area contributed by atoms with Gasteiger partial charge in [-0.2, -0.15) is 0 Å². The first-order valence-electron chi connectivity index (χ1n) is 4.60. The summed E-state index contributed by atoms with van der Waals surface area (Å²) in [4.78, 5) is 4.20. The molecule has 0 atom stereocenters. The second-order valence-electron chi connectivity index (χ2n) is 3.40. The van der Waals surface area contributed by atoms with Crippen molar-refractivity contribution in [2.24, 2.45) is 5.92 Å². The molecule has 1 aliphatic heterocycles. The van der Waals surface area contributed by atoms with Crippen LogP contribution in [0.15, 0.2) is 12.4 Å². The molecule has 13 heavy (non-hydrogen) atoms. The maximum atomic E-state index is 5.32. The highest BCUT2D eigenvalue weighted by Gasteiger charge is 2.14. The van der Waals surface area contributed by atoms with E-state index in [1.165, 1.54) is 12.8 Å². The van der Waals surface area contributed by atoms with Gasteiger partial charge in [0.25, 0.3) is 0 Å². The van der Waals surface area contributed by atoms with Crippen molar-refractivity contribution in [1.82, 2.24) is 9.55 Å². The quantitative estimate of drug-likeness (QED) is 0.779. The van der Waals surface area contributed by atoms with Gasteiger partial charge < -0.3 is 9.30 Å². The Balaban J connectivity index is 1.93. The predicted molar refractivity (Wildman–Crippen MR) is 58.5 cm³/mol. The highest BCUT2D eigenvalue weighted by molar-refractivity contribution is 14.1. The van der Waals surface area contributed by atoms with Crippen LogP contribution in [0.1, 0.15) is 12.8 Å². The van der Waals surface area contributed by atoms with Gasteiger partial charge in [-0.1, -0.05) is 0 Å². The van der Waals surface area contributed by atoms with Crippen molar-refractivity contribution in [2.75, 3.05) is 13.2 Å². The fourth-order valence-corrected chi connectivity index (χ4v) is 2.17. The van der Waals surface area contributed by atoms with Crippen molar-refractivity contribution in [3.63, 3.8) is 0 Å². The molecule has 0 amide bonds. The molecule has 1 aromatic rings. The minimum Gasteiger partial charge on any atom is -0.381 e. The summed E-state index contributed by atoms with van der Waals surface area (Å²) in [6, 6.07) is 0. The van der Waals surface area contributed by atoms with Crippen molar-refractivity contribution >= 4 is 22.6 Å². The van der Waals surface area contributed by atoms with Crippen molar-refractivity contribution < 1.29 is 4.74 Å². The van der Waals surface area contributed by atoms with E-state index < -0.39 is 0 Å². The van der Waals surface area contributed by atoms with Gasteiger partial charge in [-0.05, 0) is 41.4 Å². The summed E-state index contributed by atoms with van der Waals surface area (Å²) in [5.74, 6) is 0.775. The number of nitrogens with zero attached hydrogens (tertiary/aromatic N) is 2. The van der Waals surface area contributed by atoms with Crippen LogP contribution in [0.5, 0.6) is 0 Å². The number of aromatic nitrogens is 2. The summed E-state index contributed by atoms with van der Waals surface area (Å²) in [5.41, 5.74) is 0. The molecular formula is C9H13IN2O. The van der Waals surface area contributed by atoms with E-state index in [0.717, 1.165) is 29.5 Å². The normalized spacial score (nSPS) is 19.2. The van der Waals surface area contributed by atoms with E-state index in [1.807, 2.05) is 6.20 Å². The minimum absolute atomic E-state index is 0.775. The smallest absolute Gasteiger partial charge is 0.171 e. The second kappa shape index (κ2) is 4.41. The van der Waals surface area contributed by atoms with Crippen LogP contribution in [-0.2, 0) is 11.3 Å². The highest BCUT2D eigenvalue weighted by atomic mass is 127. The number of hydrogen-bond acceptors (Lipinski definition) is 2. The molecule has 0 radical (unpaired) electrons. The minimum atomic E-state index is 0.775. The molecule has 3 nitrogen and oxygen atoms in total. The summed E-state index contributed by atoms with van der Waals surface area (Å²) >= 11 is 2.27. The van der Waals surface area contributed by atoms with Gasteiger partial charge in [0.1, 0.15) is 0 Å². The SMILES string of the molecule is Ic1nccn1CC1CCOCC1. The van der Waals surface area contributed by atoms with E-state index in [-0.39, 0.29) is 0 Å². The third-order valence-corrected chi connectivity index (χ3v) is 3.36. The zero-order chi connectivity index (χ0) is 9.10. The van der Waals surface area contributed by atoms with Crippen LogP contribution in [0.25, 0.3) is 0 Å². The van der Waals surface area contributed by atoms with Crippen LogP contribution in [0, 0.1) is 9.75 Å². The Bertz CT molecular complexity index is 268. The van der Waals surface area contributed by atoms with Gasteiger partial charge >= 0.3 is 0 Å². The molecule has 0 N–H and O–H groups in total. The molecule has 1 aliphatic rings. The van der Waals surface area contributed by atoms with Crippen LogP contribution < -0.4 is 0 Å². The van der Waals surface area contributed by atoms with Crippen LogP contribution >= 0.6 is 22.6 Å². The largest absolute Gasteiger partial charge is 0.381 e. The lowest BCUT2D eigenvalue weighted by Gasteiger charge is -2.22. The topological polar surface area (TPSA) is 27.1 Å². The molecule has 2 heterocycles. The molecular weight excluding hydrogens is 279 g/mol. The molecule has 0 saturated carbocycles. The number of ether oxygens (including phenoxy) is 1. The molecule has 0 unspecified atom stereocenters. The van der Waals surface area contributed by atoms with E-state index in [0.29, 0.717) is 0 Å². The maximum Gasteiger partial charge on any atom is 0.171 e. The first-order chi connectivity index (χ1) is 6.36. The lowest BCUT2D eigenvalue weighted by molar-refractivity contribution is 0.0610. The molecule has 2 rings (SSSR count). The third kappa shape index (κ3) is 2.43. The van der Waals surface area contributed by atoms with E-state index in [4.69, 9.17) is 4.74 Å². The fourth-order valence-electron chi connectivity index (χ4n) is 1.65. The Kier molecular flexibility index (Phi) is 3.21. The van der Waals surface area contributed by atoms with E-state index >= 15 is 0 Å². The van der Waals surface area contributed by atoms with Crippen LogP contribution in [0.3, 0.4) is 0 Å². The number of imidazole rings is 1. The molecule has 0 aromatic carbocycles. The van der Waals surface area contributed by atoms with Crippen molar-refractivity contribution in [3.8, 4) is 0 Å². The molecule has 72 valence electrons. The second-order valence-corrected chi connectivity index (χ2v) is 4.37. The molecule has 4 heteroatoms. The molecule has 0 aliphatic carbocycles. The van der Waals surface area contributed by atoms with E-state index in [1.54, 1.807) is 0 Å². The van der Waals surface area contributed by atoms with Gasteiger partial charge in [-0.15, -0.1) is 0 Å². The predicted octanol–water partition coefficient (Wildman–Crippen LogP) is 1.91. The van der Waals surface area contributed by atoms with Gasteiger partial charge in [0.2, 0.25) is 0 Å².